The molecule has 1 unspecified atom stereocenters. The van der Waals surface area contributed by atoms with E-state index in [0.29, 0.717) is 12.3 Å². The number of nitrogens with zero attached hydrogens (tertiary/aromatic N) is 2. The average molecular weight is 298 g/mol. The lowest BCUT2D eigenvalue weighted by Gasteiger charge is -2.35. The van der Waals surface area contributed by atoms with Gasteiger partial charge in [0.05, 0.1) is 0 Å². The fourth-order valence-electron chi connectivity index (χ4n) is 3.38. The first kappa shape index (κ1) is 14.4. The van der Waals surface area contributed by atoms with Crippen molar-refractivity contribution in [3.63, 3.8) is 0 Å². The van der Waals surface area contributed by atoms with Crippen LogP contribution in [0.5, 0.6) is 0 Å². The van der Waals surface area contributed by atoms with Crippen LogP contribution >= 0.6 is 0 Å². The molecule has 7 heteroatoms. The Kier molecular flexibility index (Phi) is 3.69. The Morgan fingerprint density at radius 1 is 1.52 bits per heavy atom. The van der Waals surface area contributed by atoms with E-state index < -0.39 is 5.92 Å². The number of imidazole rings is 1. The standard InChI is InChI=1S/C14H20F2N4O/c15-14(16)6-10(7-14)13-18-8-11-5-9(3-4-20(11)13)1-2-12(21)19-17/h8-10H,1-7,17H2,(H,19,21). The molecule has 1 aromatic heterocycles. The van der Waals surface area contributed by atoms with Crippen molar-refractivity contribution in [3.05, 3.63) is 17.7 Å². The van der Waals surface area contributed by atoms with Crippen LogP contribution in [-0.4, -0.2) is 21.4 Å². The second kappa shape index (κ2) is 5.36. The van der Waals surface area contributed by atoms with Crippen LogP contribution in [0.4, 0.5) is 8.78 Å². The fraction of sp³-hybridized carbons (Fsp3) is 0.714. The van der Waals surface area contributed by atoms with E-state index in [9.17, 15) is 13.6 Å². The van der Waals surface area contributed by atoms with Crippen molar-refractivity contribution in [1.82, 2.24) is 15.0 Å². The largest absolute Gasteiger partial charge is 0.332 e. The molecule has 1 atom stereocenters. The van der Waals surface area contributed by atoms with E-state index in [0.717, 1.165) is 37.3 Å². The molecule has 2 aliphatic rings. The number of carbonyl (C=O) groups is 1. The van der Waals surface area contributed by atoms with E-state index in [1.807, 2.05) is 0 Å². The average Bonchev–Trinajstić information content (AvgIpc) is 2.84. The number of alkyl halides is 2. The Balaban J connectivity index is 1.61. The van der Waals surface area contributed by atoms with Gasteiger partial charge in [-0.25, -0.2) is 19.6 Å². The first-order valence-corrected chi connectivity index (χ1v) is 7.40. The summed E-state index contributed by atoms with van der Waals surface area (Å²) in [6.07, 6.45) is 4.68. The highest BCUT2D eigenvalue weighted by molar-refractivity contribution is 5.75. The van der Waals surface area contributed by atoms with Crippen LogP contribution in [0.2, 0.25) is 0 Å². The van der Waals surface area contributed by atoms with E-state index in [-0.39, 0.29) is 24.7 Å². The van der Waals surface area contributed by atoms with Crippen molar-refractivity contribution < 1.29 is 13.6 Å². The van der Waals surface area contributed by atoms with E-state index in [1.165, 1.54) is 0 Å². The van der Waals surface area contributed by atoms with E-state index in [1.54, 1.807) is 6.20 Å². The molecule has 3 N–H and O–H groups in total. The van der Waals surface area contributed by atoms with Gasteiger partial charge < -0.3 is 4.57 Å². The van der Waals surface area contributed by atoms with Crippen LogP contribution in [-0.2, 0) is 17.8 Å². The molecule has 1 aliphatic heterocycles. The van der Waals surface area contributed by atoms with Crippen LogP contribution in [0.15, 0.2) is 6.20 Å². The molecular formula is C14H20F2N4O. The van der Waals surface area contributed by atoms with Crippen LogP contribution in [0.1, 0.15) is 49.5 Å². The van der Waals surface area contributed by atoms with Crippen molar-refractivity contribution in [1.29, 1.82) is 0 Å². The summed E-state index contributed by atoms with van der Waals surface area (Å²) >= 11 is 0. The van der Waals surface area contributed by atoms with E-state index in [2.05, 4.69) is 15.0 Å². The van der Waals surface area contributed by atoms with Crippen molar-refractivity contribution in [3.8, 4) is 0 Å². The Labute approximate surface area is 121 Å². The maximum atomic E-state index is 13.0. The minimum atomic E-state index is -2.51. The fourth-order valence-corrected chi connectivity index (χ4v) is 3.38. The van der Waals surface area contributed by atoms with Gasteiger partial charge in [0.15, 0.2) is 0 Å². The molecule has 1 fully saturated rings. The van der Waals surface area contributed by atoms with Crippen LogP contribution in [0.3, 0.4) is 0 Å². The minimum Gasteiger partial charge on any atom is -0.332 e. The number of aromatic nitrogens is 2. The van der Waals surface area contributed by atoms with Gasteiger partial charge in [0.2, 0.25) is 11.8 Å². The SMILES string of the molecule is NNC(=O)CCC1CCn2c(cnc2C2CC(F)(F)C2)C1. The van der Waals surface area contributed by atoms with Crippen molar-refractivity contribution in [2.45, 2.75) is 56.9 Å². The molecule has 5 nitrogen and oxygen atoms in total. The molecule has 0 spiro atoms. The van der Waals surface area contributed by atoms with Gasteiger partial charge in [-0.2, -0.15) is 0 Å². The lowest BCUT2D eigenvalue weighted by molar-refractivity contribution is -0.121. The van der Waals surface area contributed by atoms with Gasteiger partial charge in [0.25, 0.3) is 0 Å². The molecule has 0 bridgehead atoms. The van der Waals surface area contributed by atoms with Gasteiger partial charge in [-0.15, -0.1) is 0 Å². The molecule has 1 aromatic rings. The number of rotatable bonds is 4. The molecule has 0 saturated heterocycles. The van der Waals surface area contributed by atoms with Gasteiger partial charge in [0, 0.05) is 43.6 Å². The Bertz CT molecular complexity index is 535. The van der Waals surface area contributed by atoms with Gasteiger partial charge in [-0.1, -0.05) is 0 Å². The third-order valence-corrected chi connectivity index (χ3v) is 4.62. The first-order chi connectivity index (χ1) is 9.98. The van der Waals surface area contributed by atoms with Crippen molar-refractivity contribution in [2.24, 2.45) is 11.8 Å². The lowest BCUT2D eigenvalue weighted by atomic mass is 9.80. The highest BCUT2D eigenvalue weighted by Crippen LogP contribution is 2.48. The van der Waals surface area contributed by atoms with E-state index in [4.69, 9.17) is 5.84 Å². The molecule has 116 valence electrons. The molecule has 1 amide bonds. The topological polar surface area (TPSA) is 72.9 Å². The zero-order valence-corrected chi connectivity index (χ0v) is 11.8. The predicted octanol–water partition coefficient (Wildman–Crippen LogP) is 1.73. The highest BCUT2D eigenvalue weighted by atomic mass is 19.3. The normalized spacial score (nSPS) is 24.2. The van der Waals surface area contributed by atoms with E-state index >= 15 is 0 Å². The first-order valence-electron chi connectivity index (χ1n) is 7.40. The number of hydrogen-bond acceptors (Lipinski definition) is 3. The summed E-state index contributed by atoms with van der Waals surface area (Å²) in [5, 5.41) is 0. The van der Waals surface area contributed by atoms with Gasteiger partial charge >= 0.3 is 0 Å². The second-order valence-corrected chi connectivity index (χ2v) is 6.19. The molecule has 0 radical (unpaired) electrons. The Morgan fingerprint density at radius 3 is 2.95 bits per heavy atom. The zero-order valence-electron chi connectivity index (χ0n) is 11.8. The number of halogens is 2. The molecule has 0 aromatic carbocycles. The number of fused-ring (bicyclic) bond motifs is 1. The molecule has 3 rings (SSSR count). The summed E-state index contributed by atoms with van der Waals surface area (Å²) in [7, 11) is 0. The quantitative estimate of drug-likeness (QED) is 0.505. The lowest BCUT2D eigenvalue weighted by Crippen LogP contribution is -2.36. The van der Waals surface area contributed by atoms with Gasteiger partial charge in [0.1, 0.15) is 5.82 Å². The number of hydrazine groups is 1. The molecule has 1 aliphatic carbocycles. The summed E-state index contributed by atoms with van der Waals surface area (Å²) in [6, 6.07) is 0. The number of amides is 1. The molecule has 1 saturated carbocycles. The monoisotopic (exact) mass is 298 g/mol. The molecule has 21 heavy (non-hydrogen) atoms. The van der Waals surface area contributed by atoms with Crippen molar-refractivity contribution in [2.75, 3.05) is 0 Å². The number of carbonyl (C=O) groups excluding carboxylic acids is 1. The maximum absolute atomic E-state index is 13.0. The molecular weight excluding hydrogens is 278 g/mol. The second-order valence-electron chi connectivity index (χ2n) is 6.19. The molecule has 2 heterocycles. The summed E-state index contributed by atoms with van der Waals surface area (Å²) < 4.78 is 28.1. The highest BCUT2D eigenvalue weighted by Gasteiger charge is 2.48. The summed E-state index contributed by atoms with van der Waals surface area (Å²) in [5.41, 5.74) is 3.24. The predicted molar refractivity (Wildman–Crippen MR) is 72.5 cm³/mol. The summed E-state index contributed by atoms with van der Waals surface area (Å²) in [6.45, 7) is 0.807. The number of nitrogens with two attached hydrogens (primary N) is 1. The Morgan fingerprint density at radius 2 is 2.29 bits per heavy atom. The number of nitrogens with one attached hydrogen (secondary N) is 1. The Hall–Kier alpha value is -1.50. The van der Waals surface area contributed by atoms with Crippen molar-refractivity contribution >= 4 is 5.91 Å². The van der Waals surface area contributed by atoms with Crippen LogP contribution in [0, 0.1) is 5.92 Å². The van der Waals surface area contributed by atoms with Crippen LogP contribution < -0.4 is 11.3 Å². The van der Waals surface area contributed by atoms with Crippen LogP contribution in [0.25, 0.3) is 0 Å². The van der Waals surface area contributed by atoms with Gasteiger partial charge in [-0.3, -0.25) is 10.2 Å². The minimum absolute atomic E-state index is 0.0798. The maximum Gasteiger partial charge on any atom is 0.249 e. The summed E-state index contributed by atoms with van der Waals surface area (Å²) in [4.78, 5) is 15.5. The summed E-state index contributed by atoms with van der Waals surface area (Å²) in [5.74, 6) is 3.56. The number of hydrogen-bond donors (Lipinski definition) is 2. The van der Waals surface area contributed by atoms with Gasteiger partial charge in [-0.05, 0) is 25.2 Å². The third kappa shape index (κ3) is 2.92. The smallest absolute Gasteiger partial charge is 0.249 e. The zero-order chi connectivity index (χ0) is 15.0. The third-order valence-electron chi connectivity index (χ3n) is 4.62.